The van der Waals surface area contributed by atoms with Crippen LogP contribution in [0.5, 0.6) is 0 Å². The van der Waals surface area contributed by atoms with E-state index in [-0.39, 0.29) is 34.5 Å². The molecule has 2 aliphatic carbocycles. The van der Waals surface area contributed by atoms with Crippen LogP contribution in [0, 0.1) is 23.2 Å². The minimum absolute atomic E-state index is 0.0446. The maximum Gasteiger partial charge on any atom is 0.267 e. The number of sulfone groups is 1. The second-order valence-electron chi connectivity index (χ2n) is 10.4. The number of hydrogen-bond donors (Lipinski definition) is 1. The minimum Gasteiger partial charge on any atom is -0.338 e. The molecule has 1 aliphatic heterocycles. The number of likely N-dealkylation sites (tertiary alicyclic amines) is 1. The van der Waals surface area contributed by atoms with Crippen molar-refractivity contribution in [2.45, 2.75) is 53.7 Å². The molecule has 3 aliphatic rings. The van der Waals surface area contributed by atoms with Crippen LogP contribution in [0.25, 0.3) is 11.1 Å². The van der Waals surface area contributed by atoms with E-state index < -0.39 is 63.2 Å². The Morgan fingerprint density at radius 2 is 1.77 bits per heavy atom. The normalized spacial score (nSPS) is 25.2. The molecule has 206 valence electrons. The zero-order valence-corrected chi connectivity index (χ0v) is 22.9. The summed E-state index contributed by atoms with van der Waals surface area (Å²) in [6.07, 6.45) is 1.49. The highest BCUT2D eigenvalue weighted by Gasteiger charge is 2.53. The number of carbonyl (C=O) groups is 2. The summed E-state index contributed by atoms with van der Waals surface area (Å²) in [6, 6.07) is 9.75. The van der Waals surface area contributed by atoms with Crippen LogP contribution in [0.1, 0.15) is 32.1 Å². The Labute approximate surface area is 234 Å². The van der Waals surface area contributed by atoms with Gasteiger partial charge in [-0.3, -0.25) is 9.59 Å². The van der Waals surface area contributed by atoms with Gasteiger partial charge in [0.05, 0.1) is 39.6 Å². The van der Waals surface area contributed by atoms with Gasteiger partial charge in [-0.05, 0) is 61.1 Å². The van der Waals surface area contributed by atoms with Crippen molar-refractivity contribution < 1.29 is 26.8 Å². The molecule has 0 bridgehead atoms. The van der Waals surface area contributed by atoms with Crippen molar-refractivity contribution in [2.24, 2.45) is 11.8 Å². The maximum atomic E-state index is 13.9. The van der Waals surface area contributed by atoms with E-state index in [1.807, 2.05) is 6.07 Å². The van der Waals surface area contributed by atoms with Crippen LogP contribution in [0.15, 0.2) is 41.4 Å². The molecule has 39 heavy (non-hydrogen) atoms. The van der Waals surface area contributed by atoms with Crippen molar-refractivity contribution in [2.75, 3.05) is 13.1 Å². The van der Waals surface area contributed by atoms with Gasteiger partial charge >= 0.3 is 0 Å². The van der Waals surface area contributed by atoms with Crippen LogP contribution in [0.4, 0.5) is 8.78 Å². The van der Waals surface area contributed by atoms with Gasteiger partial charge < -0.3 is 10.2 Å². The molecule has 1 saturated heterocycles. The molecule has 3 atom stereocenters. The summed E-state index contributed by atoms with van der Waals surface area (Å²) in [5.74, 6) is -6.54. The Kier molecular flexibility index (Phi) is 7.10. The number of aromatic nitrogens is 1. The molecule has 1 N–H and O–H groups in total. The van der Waals surface area contributed by atoms with Gasteiger partial charge in [-0.25, -0.2) is 22.2 Å². The first-order valence-corrected chi connectivity index (χ1v) is 14.7. The molecule has 8 nitrogen and oxygen atoms in total. The molecule has 1 aromatic carbocycles. The van der Waals surface area contributed by atoms with Gasteiger partial charge in [0.25, 0.3) is 5.92 Å². The predicted octanol–water partition coefficient (Wildman–Crippen LogP) is 4.26. The summed E-state index contributed by atoms with van der Waals surface area (Å²) >= 11 is 12.4. The summed E-state index contributed by atoms with van der Waals surface area (Å²) in [5, 5.41) is 11.1. The van der Waals surface area contributed by atoms with Gasteiger partial charge in [0.15, 0.2) is 9.84 Å². The lowest BCUT2D eigenvalue weighted by atomic mass is 9.93. The second kappa shape index (κ2) is 9.98. The van der Waals surface area contributed by atoms with E-state index in [1.54, 1.807) is 18.2 Å². The highest BCUT2D eigenvalue weighted by Crippen LogP contribution is 2.44. The Bertz CT molecular complexity index is 1490. The maximum absolute atomic E-state index is 13.9. The zero-order chi connectivity index (χ0) is 28.2. The molecule has 1 aromatic heterocycles. The predicted molar refractivity (Wildman–Crippen MR) is 139 cm³/mol. The summed E-state index contributed by atoms with van der Waals surface area (Å²) in [6.45, 7) is -0.953. The number of amides is 2. The first-order chi connectivity index (χ1) is 18.3. The van der Waals surface area contributed by atoms with Crippen molar-refractivity contribution in [1.29, 1.82) is 5.26 Å². The largest absolute Gasteiger partial charge is 0.338 e. The van der Waals surface area contributed by atoms with Gasteiger partial charge in [-0.2, -0.15) is 5.26 Å². The number of benzene rings is 1. The van der Waals surface area contributed by atoms with E-state index in [1.165, 1.54) is 18.3 Å². The topological polar surface area (TPSA) is 120 Å². The van der Waals surface area contributed by atoms with E-state index in [2.05, 4.69) is 10.3 Å². The van der Waals surface area contributed by atoms with E-state index in [0.717, 1.165) is 4.90 Å². The van der Waals surface area contributed by atoms with E-state index >= 15 is 0 Å². The third-order valence-electron chi connectivity index (χ3n) is 7.72. The van der Waals surface area contributed by atoms with Crippen molar-refractivity contribution in [3.05, 3.63) is 46.7 Å². The second-order valence-corrected chi connectivity index (χ2v) is 13.4. The minimum atomic E-state index is -4.12. The lowest BCUT2D eigenvalue weighted by Crippen LogP contribution is -2.45. The number of carbonyl (C=O) groups excluding carboxylic acids is 2. The van der Waals surface area contributed by atoms with Crippen LogP contribution in [0.3, 0.4) is 0 Å². The van der Waals surface area contributed by atoms with Crippen LogP contribution in [-0.2, 0) is 19.4 Å². The molecule has 0 radical (unpaired) electrons. The van der Waals surface area contributed by atoms with E-state index in [9.17, 15) is 32.0 Å². The first kappa shape index (κ1) is 27.7. The molecular formula is C26H24Cl2F2N4O4S. The molecular weight excluding hydrogens is 573 g/mol. The summed E-state index contributed by atoms with van der Waals surface area (Å²) in [5.41, 5.74) is 0.260. The summed E-state index contributed by atoms with van der Waals surface area (Å²) in [4.78, 5) is 31.3. The number of hydrogen-bond acceptors (Lipinski definition) is 6. The molecule has 0 unspecified atom stereocenters. The summed E-state index contributed by atoms with van der Waals surface area (Å²) in [7, 11) is -4.12. The SMILES string of the molecule is N#CC1(NC(=O)[C@@H]2C[C@@H](S(=O)(=O)c3ccc(-c4ccnc(Cl)c4)cc3Cl)C[C@H]2C(=O)N2CCC(F)(F)C2)CC1. The Hall–Kier alpha value is -2.81. The summed E-state index contributed by atoms with van der Waals surface area (Å²) < 4.78 is 55.2. The third-order valence-corrected chi connectivity index (χ3v) is 10.6. The monoisotopic (exact) mass is 596 g/mol. The van der Waals surface area contributed by atoms with Crippen molar-refractivity contribution in [3.63, 3.8) is 0 Å². The fraction of sp³-hybridized carbons (Fsp3) is 0.462. The van der Waals surface area contributed by atoms with Crippen molar-refractivity contribution in [1.82, 2.24) is 15.2 Å². The number of nitriles is 1. The number of rotatable bonds is 6. The quantitative estimate of drug-likeness (QED) is 0.497. The number of nitrogens with one attached hydrogen (secondary N) is 1. The molecule has 0 spiro atoms. The third kappa shape index (κ3) is 5.47. The van der Waals surface area contributed by atoms with Gasteiger partial charge in [-0.15, -0.1) is 0 Å². The van der Waals surface area contributed by atoms with Gasteiger partial charge in [-0.1, -0.05) is 29.3 Å². The van der Waals surface area contributed by atoms with E-state index in [4.69, 9.17) is 23.2 Å². The molecule has 3 fully saturated rings. The smallest absolute Gasteiger partial charge is 0.267 e. The number of nitrogens with zero attached hydrogens (tertiary/aromatic N) is 3. The highest BCUT2D eigenvalue weighted by atomic mass is 35.5. The van der Waals surface area contributed by atoms with Gasteiger partial charge in [0, 0.05) is 19.2 Å². The van der Waals surface area contributed by atoms with Crippen molar-refractivity contribution >= 4 is 44.9 Å². The molecule has 5 rings (SSSR count). The van der Waals surface area contributed by atoms with Gasteiger partial charge in [0.1, 0.15) is 10.7 Å². The average Bonchev–Trinajstić information content (AvgIpc) is 3.33. The number of pyridine rings is 1. The number of halogens is 4. The average molecular weight is 597 g/mol. The first-order valence-electron chi connectivity index (χ1n) is 12.4. The molecule has 2 aromatic rings. The van der Waals surface area contributed by atoms with Gasteiger partial charge in [0.2, 0.25) is 11.8 Å². The Morgan fingerprint density at radius 1 is 1.08 bits per heavy atom. The fourth-order valence-corrected chi connectivity index (χ4v) is 7.90. The van der Waals surface area contributed by atoms with E-state index in [0.29, 0.717) is 24.0 Å². The Morgan fingerprint density at radius 3 is 2.36 bits per heavy atom. The molecule has 2 amide bonds. The Balaban J connectivity index is 1.42. The van der Waals surface area contributed by atoms with Crippen LogP contribution >= 0.6 is 23.2 Å². The van der Waals surface area contributed by atoms with Crippen LogP contribution in [-0.4, -0.2) is 59.9 Å². The fourth-order valence-electron chi connectivity index (χ4n) is 5.36. The van der Waals surface area contributed by atoms with Crippen molar-refractivity contribution in [3.8, 4) is 17.2 Å². The lowest BCUT2D eigenvalue weighted by molar-refractivity contribution is -0.141. The van der Waals surface area contributed by atoms with Crippen LogP contribution < -0.4 is 5.32 Å². The molecule has 2 heterocycles. The zero-order valence-electron chi connectivity index (χ0n) is 20.5. The highest BCUT2D eigenvalue weighted by molar-refractivity contribution is 7.92. The number of alkyl halides is 2. The lowest BCUT2D eigenvalue weighted by Gasteiger charge is -2.24. The molecule has 2 saturated carbocycles. The van der Waals surface area contributed by atoms with Crippen LogP contribution in [0.2, 0.25) is 10.2 Å². The standard InChI is InChI=1S/C26H24Cl2F2N4O4S/c27-20-9-15(16-3-7-32-22(28)10-16)1-2-21(20)39(37,38)17-11-18(23(35)33-25(13-31)4-5-25)19(12-17)24(36)34-8-6-26(29,30)14-34/h1-3,7,9-10,17-19H,4-6,8,11-12,14H2,(H,33,35)/t17-,18-,19-/m1/s1. The molecule has 13 heteroatoms.